The van der Waals surface area contributed by atoms with Gasteiger partial charge in [-0.3, -0.25) is 0 Å². The summed E-state index contributed by atoms with van der Waals surface area (Å²) in [5, 5.41) is 11.9. The lowest BCUT2D eigenvalue weighted by Crippen LogP contribution is -1.82. The summed E-state index contributed by atoms with van der Waals surface area (Å²) in [6, 6.07) is 4.94. The first-order valence-electron chi connectivity index (χ1n) is 3.87. The van der Waals surface area contributed by atoms with E-state index in [1.165, 1.54) is 17.4 Å². The Morgan fingerprint density at radius 2 is 2.21 bits per heavy atom. The SMILES string of the molecule is Nc1nc(-c2ccc(O)c(Cl)c2)cs1. The van der Waals surface area contributed by atoms with Crippen LogP contribution in [0.4, 0.5) is 5.13 Å². The topological polar surface area (TPSA) is 59.1 Å². The number of nitrogens with zero attached hydrogens (tertiary/aromatic N) is 1. The molecule has 0 unspecified atom stereocenters. The van der Waals surface area contributed by atoms with Crippen LogP contribution in [0.5, 0.6) is 5.75 Å². The number of aromatic hydroxyl groups is 1. The lowest BCUT2D eigenvalue weighted by molar-refractivity contribution is 0.475. The second-order valence-electron chi connectivity index (χ2n) is 2.74. The smallest absolute Gasteiger partial charge is 0.180 e. The van der Waals surface area contributed by atoms with Crippen LogP contribution in [0.2, 0.25) is 5.02 Å². The Hall–Kier alpha value is -1.26. The minimum Gasteiger partial charge on any atom is -0.506 e. The predicted octanol–water partition coefficient (Wildman–Crippen LogP) is 2.75. The highest BCUT2D eigenvalue weighted by atomic mass is 35.5. The summed E-state index contributed by atoms with van der Waals surface area (Å²) in [6.07, 6.45) is 0. The zero-order valence-corrected chi connectivity index (χ0v) is 8.64. The number of rotatable bonds is 1. The fourth-order valence-electron chi connectivity index (χ4n) is 1.09. The summed E-state index contributed by atoms with van der Waals surface area (Å²) < 4.78 is 0. The minimum absolute atomic E-state index is 0.0682. The predicted molar refractivity (Wildman–Crippen MR) is 58.6 cm³/mol. The number of phenols is 1. The Morgan fingerprint density at radius 1 is 1.43 bits per heavy atom. The lowest BCUT2D eigenvalue weighted by atomic mass is 10.2. The molecule has 1 aromatic heterocycles. The van der Waals surface area contributed by atoms with Crippen LogP contribution in [-0.4, -0.2) is 10.1 Å². The van der Waals surface area contributed by atoms with E-state index < -0.39 is 0 Å². The number of anilines is 1. The van der Waals surface area contributed by atoms with Crippen LogP contribution in [0.25, 0.3) is 11.3 Å². The van der Waals surface area contributed by atoms with E-state index in [9.17, 15) is 5.11 Å². The van der Waals surface area contributed by atoms with Gasteiger partial charge in [-0.2, -0.15) is 0 Å². The van der Waals surface area contributed by atoms with Crippen molar-refractivity contribution in [1.82, 2.24) is 4.98 Å². The number of thiazole rings is 1. The van der Waals surface area contributed by atoms with Crippen molar-refractivity contribution in [3.63, 3.8) is 0 Å². The number of aromatic nitrogens is 1. The number of benzene rings is 1. The van der Waals surface area contributed by atoms with E-state index in [0.29, 0.717) is 10.2 Å². The summed E-state index contributed by atoms with van der Waals surface area (Å²) in [5.74, 6) is 0.0682. The van der Waals surface area contributed by atoms with E-state index in [1.807, 2.05) is 5.38 Å². The fourth-order valence-corrected chi connectivity index (χ4v) is 1.84. The molecule has 1 heterocycles. The number of nitrogen functional groups attached to an aromatic ring is 1. The van der Waals surface area contributed by atoms with Gasteiger partial charge in [0.2, 0.25) is 0 Å². The molecule has 0 atom stereocenters. The van der Waals surface area contributed by atoms with Gasteiger partial charge in [-0.25, -0.2) is 4.98 Å². The molecule has 0 aliphatic carbocycles. The molecule has 72 valence electrons. The Morgan fingerprint density at radius 3 is 2.79 bits per heavy atom. The van der Waals surface area contributed by atoms with Crippen molar-refractivity contribution in [1.29, 1.82) is 0 Å². The number of halogens is 1. The maximum Gasteiger partial charge on any atom is 0.180 e. The average molecular weight is 227 g/mol. The molecule has 1 aromatic carbocycles. The van der Waals surface area contributed by atoms with Gasteiger partial charge >= 0.3 is 0 Å². The maximum atomic E-state index is 9.22. The van der Waals surface area contributed by atoms with Crippen molar-refractivity contribution >= 4 is 28.1 Å². The van der Waals surface area contributed by atoms with Crippen molar-refractivity contribution < 1.29 is 5.11 Å². The molecule has 0 fully saturated rings. The molecule has 0 saturated carbocycles. The van der Waals surface area contributed by atoms with Crippen LogP contribution in [0.3, 0.4) is 0 Å². The number of hydrogen-bond acceptors (Lipinski definition) is 4. The molecule has 3 N–H and O–H groups in total. The van der Waals surface area contributed by atoms with Crippen molar-refractivity contribution in [2.75, 3.05) is 5.73 Å². The van der Waals surface area contributed by atoms with Crippen LogP contribution in [-0.2, 0) is 0 Å². The average Bonchev–Trinajstić information content (AvgIpc) is 2.57. The summed E-state index contributed by atoms with van der Waals surface area (Å²) in [7, 11) is 0. The third-order valence-electron chi connectivity index (χ3n) is 1.77. The number of phenolic OH excluding ortho intramolecular Hbond substituents is 1. The van der Waals surface area contributed by atoms with Crippen molar-refractivity contribution in [2.24, 2.45) is 0 Å². The first-order valence-corrected chi connectivity index (χ1v) is 5.12. The molecule has 0 radical (unpaired) electrons. The highest BCUT2D eigenvalue weighted by molar-refractivity contribution is 7.13. The van der Waals surface area contributed by atoms with E-state index in [4.69, 9.17) is 17.3 Å². The van der Waals surface area contributed by atoms with Crippen molar-refractivity contribution in [3.8, 4) is 17.0 Å². The van der Waals surface area contributed by atoms with Gasteiger partial charge in [-0.05, 0) is 18.2 Å². The Balaban J connectivity index is 2.47. The standard InChI is InChI=1S/C9H7ClN2OS/c10-6-3-5(1-2-8(6)13)7-4-14-9(11)12-7/h1-4,13H,(H2,11,12). The van der Waals surface area contributed by atoms with Crippen LogP contribution in [0, 0.1) is 0 Å². The summed E-state index contributed by atoms with van der Waals surface area (Å²) in [4.78, 5) is 4.11. The quantitative estimate of drug-likeness (QED) is 0.786. The van der Waals surface area contributed by atoms with Gasteiger partial charge in [0.05, 0.1) is 10.7 Å². The van der Waals surface area contributed by atoms with E-state index in [0.717, 1.165) is 11.3 Å². The molecule has 0 aliphatic rings. The van der Waals surface area contributed by atoms with Gasteiger partial charge < -0.3 is 10.8 Å². The number of nitrogens with two attached hydrogens (primary N) is 1. The lowest BCUT2D eigenvalue weighted by Gasteiger charge is -1.99. The highest BCUT2D eigenvalue weighted by Crippen LogP contribution is 2.30. The fraction of sp³-hybridized carbons (Fsp3) is 0. The molecule has 0 spiro atoms. The molecule has 2 rings (SSSR count). The first kappa shape index (κ1) is 9.30. The van der Waals surface area contributed by atoms with Gasteiger partial charge in [0.15, 0.2) is 5.13 Å². The molecule has 3 nitrogen and oxygen atoms in total. The largest absolute Gasteiger partial charge is 0.506 e. The molecule has 0 bridgehead atoms. The van der Waals surface area contributed by atoms with Crippen molar-refractivity contribution in [3.05, 3.63) is 28.6 Å². The van der Waals surface area contributed by atoms with Crippen LogP contribution in [0.1, 0.15) is 0 Å². The first-order chi connectivity index (χ1) is 6.66. The molecular formula is C9H7ClN2OS. The highest BCUT2D eigenvalue weighted by Gasteiger charge is 2.05. The van der Waals surface area contributed by atoms with E-state index >= 15 is 0 Å². The zero-order valence-electron chi connectivity index (χ0n) is 7.07. The van der Waals surface area contributed by atoms with Crippen LogP contribution < -0.4 is 5.73 Å². The second kappa shape index (κ2) is 3.48. The van der Waals surface area contributed by atoms with Crippen LogP contribution >= 0.6 is 22.9 Å². The maximum absolute atomic E-state index is 9.22. The molecule has 2 aromatic rings. The summed E-state index contributed by atoms with van der Waals surface area (Å²) >= 11 is 7.14. The number of hydrogen-bond donors (Lipinski definition) is 2. The third kappa shape index (κ3) is 1.66. The Bertz CT molecular complexity index is 470. The Kier molecular flexibility index (Phi) is 2.31. The normalized spacial score (nSPS) is 10.4. The minimum atomic E-state index is 0.0682. The zero-order chi connectivity index (χ0) is 10.1. The van der Waals surface area contributed by atoms with E-state index in [2.05, 4.69) is 4.98 Å². The summed E-state index contributed by atoms with van der Waals surface area (Å²) in [5.41, 5.74) is 7.13. The second-order valence-corrected chi connectivity index (χ2v) is 4.03. The molecule has 0 saturated heterocycles. The molecule has 0 aliphatic heterocycles. The molecule has 5 heteroatoms. The van der Waals surface area contributed by atoms with Crippen LogP contribution in [0.15, 0.2) is 23.6 Å². The molecule has 0 amide bonds. The molecule has 14 heavy (non-hydrogen) atoms. The van der Waals surface area contributed by atoms with Crippen molar-refractivity contribution in [2.45, 2.75) is 0 Å². The van der Waals surface area contributed by atoms with Gasteiger partial charge in [-0.1, -0.05) is 11.6 Å². The van der Waals surface area contributed by atoms with Gasteiger partial charge in [0, 0.05) is 10.9 Å². The monoisotopic (exact) mass is 226 g/mol. The van der Waals surface area contributed by atoms with E-state index in [-0.39, 0.29) is 5.75 Å². The van der Waals surface area contributed by atoms with Gasteiger partial charge in [0.25, 0.3) is 0 Å². The molecular weight excluding hydrogens is 220 g/mol. The van der Waals surface area contributed by atoms with E-state index in [1.54, 1.807) is 12.1 Å². The van der Waals surface area contributed by atoms with Gasteiger partial charge in [-0.15, -0.1) is 11.3 Å². The third-order valence-corrected chi connectivity index (χ3v) is 2.74. The Labute approximate surface area is 89.8 Å². The summed E-state index contributed by atoms with van der Waals surface area (Å²) in [6.45, 7) is 0. The van der Waals surface area contributed by atoms with Gasteiger partial charge in [0.1, 0.15) is 5.75 Å².